The SMILES string of the molecule is CCNC1CCCc2c(OCCSCC)cccc21. The molecule has 0 radical (unpaired) electrons. The van der Waals surface area contributed by atoms with Gasteiger partial charge in [0.05, 0.1) is 6.61 Å². The first-order chi connectivity index (χ1) is 9.36. The zero-order chi connectivity index (χ0) is 13.5. The topological polar surface area (TPSA) is 21.3 Å². The van der Waals surface area contributed by atoms with Crippen molar-refractivity contribution in [1.82, 2.24) is 5.32 Å². The lowest BCUT2D eigenvalue weighted by Gasteiger charge is -2.27. The minimum Gasteiger partial charge on any atom is -0.492 e. The van der Waals surface area contributed by atoms with Gasteiger partial charge in [0, 0.05) is 11.8 Å². The van der Waals surface area contributed by atoms with Crippen LogP contribution in [0.4, 0.5) is 0 Å². The van der Waals surface area contributed by atoms with E-state index in [1.54, 1.807) is 0 Å². The average molecular weight is 279 g/mol. The van der Waals surface area contributed by atoms with Crippen LogP contribution in [0.5, 0.6) is 5.75 Å². The van der Waals surface area contributed by atoms with Gasteiger partial charge < -0.3 is 10.1 Å². The molecule has 2 nitrogen and oxygen atoms in total. The Hall–Kier alpha value is -0.670. The molecule has 19 heavy (non-hydrogen) atoms. The predicted octanol–water partition coefficient (Wildman–Crippen LogP) is 3.81. The molecular weight excluding hydrogens is 254 g/mol. The number of hydrogen-bond donors (Lipinski definition) is 1. The molecule has 0 saturated carbocycles. The smallest absolute Gasteiger partial charge is 0.122 e. The number of fused-ring (bicyclic) bond motifs is 1. The molecule has 2 rings (SSSR count). The standard InChI is InChI=1S/C16H25NOS/c1-3-17-15-9-5-8-14-13(15)7-6-10-16(14)18-11-12-19-4-2/h6-7,10,15,17H,3-5,8-9,11-12H2,1-2H3. The Labute approximate surface area is 121 Å². The lowest BCUT2D eigenvalue weighted by molar-refractivity contribution is 0.335. The summed E-state index contributed by atoms with van der Waals surface area (Å²) in [5.74, 6) is 3.35. The molecule has 0 spiro atoms. The Balaban J connectivity index is 2.06. The van der Waals surface area contributed by atoms with E-state index in [9.17, 15) is 0 Å². The van der Waals surface area contributed by atoms with E-state index in [-0.39, 0.29) is 0 Å². The highest BCUT2D eigenvalue weighted by molar-refractivity contribution is 7.99. The minimum absolute atomic E-state index is 0.516. The summed E-state index contributed by atoms with van der Waals surface area (Å²) < 4.78 is 5.98. The Morgan fingerprint density at radius 2 is 2.26 bits per heavy atom. The van der Waals surface area contributed by atoms with E-state index in [1.165, 1.54) is 29.7 Å². The van der Waals surface area contributed by atoms with Crippen LogP contribution in [0.2, 0.25) is 0 Å². The summed E-state index contributed by atoms with van der Waals surface area (Å²) in [7, 11) is 0. The molecule has 0 heterocycles. The van der Waals surface area contributed by atoms with Crippen molar-refractivity contribution in [2.24, 2.45) is 0 Å². The monoisotopic (exact) mass is 279 g/mol. The normalized spacial score (nSPS) is 18.1. The molecule has 0 aromatic heterocycles. The van der Waals surface area contributed by atoms with Crippen LogP contribution in [0.15, 0.2) is 18.2 Å². The fourth-order valence-electron chi connectivity index (χ4n) is 2.76. The molecule has 1 aromatic carbocycles. The fraction of sp³-hybridized carbons (Fsp3) is 0.625. The second-order valence-electron chi connectivity index (χ2n) is 4.87. The second kappa shape index (κ2) is 7.81. The molecule has 106 valence electrons. The van der Waals surface area contributed by atoms with Gasteiger partial charge in [-0.2, -0.15) is 11.8 Å². The van der Waals surface area contributed by atoms with Crippen LogP contribution in [0.25, 0.3) is 0 Å². The molecule has 1 atom stereocenters. The van der Waals surface area contributed by atoms with E-state index in [1.807, 2.05) is 11.8 Å². The molecule has 1 aliphatic rings. The first kappa shape index (κ1) is 14.7. The summed E-state index contributed by atoms with van der Waals surface area (Å²) in [6, 6.07) is 7.04. The van der Waals surface area contributed by atoms with Crippen LogP contribution < -0.4 is 10.1 Å². The van der Waals surface area contributed by atoms with Crippen LogP contribution >= 0.6 is 11.8 Å². The first-order valence-electron chi connectivity index (χ1n) is 7.42. The van der Waals surface area contributed by atoms with Crippen molar-refractivity contribution in [3.63, 3.8) is 0 Å². The number of hydrogen-bond acceptors (Lipinski definition) is 3. The summed E-state index contributed by atoms with van der Waals surface area (Å²) in [5, 5.41) is 3.58. The Bertz CT molecular complexity index is 394. The summed E-state index contributed by atoms with van der Waals surface area (Å²) in [6.07, 6.45) is 3.67. The molecule has 1 N–H and O–H groups in total. The molecule has 1 aliphatic carbocycles. The average Bonchev–Trinajstić information content (AvgIpc) is 2.44. The highest BCUT2D eigenvalue weighted by Crippen LogP contribution is 2.35. The van der Waals surface area contributed by atoms with E-state index in [4.69, 9.17) is 4.74 Å². The largest absolute Gasteiger partial charge is 0.492 e. The zero-order valence-electron chi connectivity index (χ0n) is 12.1. The van der Waals surface area contributed by atoms with Crippen molar-refractivity contribution >= 4 is 11.8 Å². The van der Waals surface area contributed by atoms with Gasteiger partial charge in [0.2, 0.25) is 0 Å². The summed E-state index contributed by atoms with van der Waals surface area (Å²) in [4.78, 5) is 0. The van der Waals surface area contributed by atoms with Gasteiger partial charge in [0.15, 0.2) is 0 Å². The van der Waals surface area contributed by atoms with Crippen LogP contribution in [0.3, 0.4) is 0 Å². The van der Waals surface area contributed by atoms with Crippen LogP contribution in [0.1, 0.15) is 43.9 Å². The number of thioether (sulfide) groups is 1. The van der Waals surface area contributed by atoms with Gasteiger partial charge in [-0.05, 0) is 48.8 Å². The maximum absolute atomic E-state index is 5.98. The zero-order valence-corrected chi connectivity index (χ0v) is 12.9. The predicted molar refractivity (Wildman–Crippen MR) is 84.3 cm³/mol. The Kier molecular flexibility index (Phi) is 6.05. The van der Waals surface area contributed by atoms with Crippen molar-refractivity contribution in [2.75, 3.05) is 24.7 Å². The lowest BCUT2D eigenvalue weighted by atomic mass is 9.87. The molecule has 3 heteroatoms. The van der Waals surface area contributed by atoms with Gasteiger partial charge in [-0.1, -0.05) is 26.0 Å². The molecule has 0 aliphatic heterocycles. The summed E-state index contributed by atoms with van der Waals surface area (Å²) >= 11 is 1.94. The van der Waals surface area contributed by atoms with Gasteiger partial charge in [0.1, 0.15) is 5.75 Å². The van der Waals surface area contributed by atoms with E-state index >= 15 is 0 Å². The highest BCUT2D eigenvalue weighted by atomic mass is 32.2. The van der Waals surface area contributed by atoms with Crippen molar-refractivity contribution in [3.05, 3.63) is 29.3 Å². The third kappa shape index (κ3) is 3.90. The number of benzene rings is 1. The van der Waals surface area contributed by atoms with Gasteiger partial charge in [-0.25, -0.2) is 0 Å². The molecule has 1 aromatic rings. The number of rotatable bonds is 7. The van der Waals surface area contributed by atoms with Gasteiger partial charge in [-0.15, -0.1) is 0 Å². The summed E-state index contributed by atoms with van der Waals surface area (Å²) in [5.41, 5.74) is 2.88. The van der Waals surface area contributed by atoms with Crippen molar-refractivity contribution in [3.8, 4) is 5.75 Å². The highest BCUT2D eigenvalue weighted by Gasteiger charge is 2.21. The number of nitrogens with one attached hydrogen (secondary N) is 1. The van der Waals surface area contributed by atoms with Crippen LogP contribution in [-0.4, -0.2) is 24.7 Å². The molecule has 0 saturated heterocycles. The molecule has 0 bridgehead atoms. The van der Waals surface area contributed by atoms with Gasteiger partial charge >= 0.3 is 0 Å². The van der Waals surface area contributed by atoms with Crippen molar-refractivity contribution < 1.29 is 4.74 Å². The molecule has 0 amide bonds. The summed E-state index contributed by atoms with van der Waals surface area (Å²) in [6.45, 7) is 6.22. The molecule has 0 fully saturated rings. The maximum atomic E-state index is 5.98. The van der Waals surface area contributed by atoms with Gasteiger partial charge in [-0.3, -0.25) is 0 Å². The van der Waals surface area contributed by atoms with E-state index in [0.717, 1.165) is 31.1 Å². The van der Waals surface area contributed by atoms with Crippen LogP contribution in [-0.2, 0) is 6.42 Å². The van der Waals surface area contributed by atoms with Gasteiger partial charge in [0.25, 0.3) is 0 Å². The van der Waals surface area contributed by atoms with E-state index in [2.05, 4.69) is 37.4 Å². The van der Waals surface area contributed by atoms with Crippen LogP contribution in [0, 0.1) is 0 Å². The Morgan fingerprint density at radius 1 is 1.37 bits per heavy atom. The van der Waals surface area contributed by atoms with Crippen molar-refractivity contribution in [2.45, 2.75) is 39.2 Å². The maximum Gasteiger partial charge on any atom is 0.122 e. The first-order valence-corrected chi connectivity index (χ1v) is 8.58. The van der Waals surface area contributed by atoms with E-state index < -0.39 is 0 Å². The third-order valence-corrected chi connectivity index (χ3v) is 4.47. The van der Waals surface area contributed by atoms with E-state index in [0.29, 0.717) is 6.04 Å². The third-order valence-electron chi connectivity index (χ3n) is 3.60. The minimum atomic E-state index is 0.516. The molecule has 1 unspecified atom stereocenters. The second-order valence-corrected chi connectivity index (χ2v) is 6.27. The van der Waals surface area contributed by atoms with Crippen molar-refractivity contribution in [1.29, 1.82) is 0 Å². The lowest BCUT2D eigenvalue weighted by Crippen LogP contribution is -2.25. The molecular formula is C16H25NOS. The number of ether oxygens (including phenoxy) is 1. The Morgan fingerprint density at radius 3 is 3.05 bits per heavy atom. The quantitative estimate of drug-likeness (QED) is 0.767. The fourth-order valence-corrected chi connectivity index (χ4v) is 3.25.